The minimum absolute atomic E-state index is 0.412. The van der Waals surface area contributed by atoms with Crippen molar-refractivity contribution in [3.63, 3.8) is 0 Å². The third-order valence-electron chi connectivity index (χ3n) is 2.60. The number of nitrogens with one attached hydrogen (secondary N) is 3. The Bertz CT molecular complexity index is 526. The van der Waals surface area contributed by atoms with Gasteiger partial charge in [-0.15, -0.1) is 11.3 Å². The molecule has 0 saturated heterocycles. The molecular weight excluding hydrogens is 380 g/mol. The van der Waals surface area contributed by atoms with Crippen molar-refractivity contribution >= 4 is 39.3 Å². The van der Waals surface area contributed by atoms with E-state index in [4.69, 9.17) is 4.74 Å². The van der Waals surface area contributed by atoms with E-state index in [2.05, 4.69) is 49.0 Å². The first-order chi connectivity index (χ1) is 10.8. The first-order valence-electron chi connectivity index (χ1n) is 7.46. The Labute approximate surface area is 150 Å². The third kappa shape index (κ3) is 9.45. The molecule has 0 aliphatic heterocycles. The summed E-state index contributed by atoms with van der Waals surface area (Å²) in [5.74, 6) is 0.714. The second kappa shape index (κ2) is 9.77. The van der Waals surface area contributed by atoms with Gasteiger partial charge in [0.2, 0.25) is 0 Å². The van der Waals surface area contributed by atoms with Crippen LogP contribution in [0, 0.1) is 0 Å². The second-order valence-corrected chi connectivity index (χ2v) is 8.36. The highest BCUT2D eigenvalue weighted by Crippen LogP contribution is 2.21. The van der Waals surface area contributed by atoms with E-state index in [1.165, 1.54) is 4.88 Å². The number of nitrogens with zero attached hydrogens (tertiary/aromatic N) is 1. The van der Waals surface area contributed by atoms with Gasteiger partial charge in [0.15, 0.2) is 5.96 Å². The van der Waals surface area contributed by atoms with Gasteiger partial charge in [0.05, 0.1) is 3.79 Å². The van der Waals surface area contributed by atoms with Gasteiger partial charge in [-0.1, -0.05) is 0 Å². The maximum Gasteiger partial charge on any atom is 0.407 e. The van der Waals surface area contributed by atoms with Gasteiger partial charge in [0.1, 0.15) is 5.60 Å². The van der Waals surface area contributed by atoms with Crippen LogP contribution < -0.4 is 16.0 Å². The van der Waals surface area contributed by atoms with Gasteiger partial charge >= 0.3 is 6.09 Å². The highest BCUT2D eigenvalue weighted by atomic mass is 79.9. The summed E-state index contributed by atoms with van der Waals surface area (Å²) in [5.41, 5.74) is -0.480. The summed E-state index contributed by atoms with van der Waals surface area (Å²) >= 11 is 5.19. The lowest BCUT2D eigenvalue weighted by Gasteiger charge is -2.19. The summed E-state index contributed by atoms with van der Waals surface area (Å²) in [6.07, 6.45) is 0.526. The van der Waals surface area contributed by atoms with Gasteiger partial charge in [0.25, 0.3) is 0 Å². The molecule has 1 rings (SSSR count). The number of guanidine groups is 1. The van der Waals surface area contributed by atoms with E-state index in [1.54, 1.807) is 18.4 Å². The standard InChI is InChI=1S/C15H25BrN4O2S/c1-15(2,3)22-14(21)20-10-9-19-13(17-4)18-8-7-11-5-6-12(16)23-11/h5-6H,7-10H2,1-4H3,(H,20,21)(H2,17,18,19). The van der Waals surface area contributed by atoms with E-state index >= 15 is 0 Å². The van der Waals surface area contributed by atoms with E-state index in [0.717, 1.165) is 16.8 Å². The second-order valence-electron chi connectivity index (χ2n) is 5.81. The van der Waals surface area contributed by atoms with Gasteiger partial charge in [-0.3, -0.25) is 4.99 Å². The molecule has 0 saturated carbocycles. The average Bonchev–Trinajstić information content (AvgIpc) is 2.85. The predicted octanol–water partition coefficient (Wildman–Crippen LogP) is 2.74. The molecule has 0 spiro atoms. The van der Waals surface area contributed by atoms with E-state index < -0.39 is 11.7 Å². The third-order valence-corrected chi connectivity index (χ3v) is 4.29. The molecule has 0 unspecified atom stereocenters. The van der Waals surface area contributed by atoms with Gasteiger partial charge in [-0.25, -0.2) is 4.79 Å². The molecule has 8 heteroatoms. The fourth-order valence-electron chi connectivity index (χ4n) is 1.67. The average molecular weight is 405 g/mol. The van der Waals surface area contributed by atoms with Crippen LogP contribution in [0.25, 0.3) is 0 Å². The van der Waals surface area contributed by atoms with E-state index in [9.17, 15) is 4.79 Å². The van der Waals surface area contributed by atoms with Crippen molar-refractivity contribution in [3.05, 3.63) is 20.8 Å². The van der Waals surface area contributed by atoms with Crippen molar-refractivity contribution in [1.82, 2.24) is 16.0 Å². The molecule has 6 nitrogen and oxygen atoms in total. The SMILES string of the molecule is CN=C(NCCNC(=O)OC(C)(C)C)NCCc1ccc(Br)s1. The van der Waals surface area contributed by atoms with Crippen LogP contribution in [0.15, 0.2) is 20.9 Å². The number of amides is 1. The summed E-state index contributed by atoms with van der Waals surface area (Å²) in [6.45, 7) is 7.34. The number of hydrogen-bond acceptors (Lipinski definition) is 4. The fourth-order valence-corrected chi connectivity index (χ4v) is 3.15. The Morgan fingerprint density at radius 3 is 2.43 bits per heavy atom. The zero-order valence-electron chi connectivity index (χ0n) is 14.0. The van der Waals surface area contributed by atoms with E-state index in [1.807, 2.05) is 20.8 Å². The van der Waals surface area contributed by atoms with Crippen molar-refractivity contribution in [1.29, 1.82) is 0 Å². The van der Waals surface area contributed by atoms with Crippen LogP contribution in [0.4, 0.5) is 4.79 Å². The van der Waals surface area contributed by atoms with Crippen molar-refractivity contribution in [2.24, 2.45) is 4.99 Å². The predicted molar refractivity (Wildman–Crippen MR) is 99.3 cm³/mol. The monoisotopic (exact) mass is 404 g/mol. The minimum Gasteiger partial charge on any atom is -0.444 e. The van der Waals surface area contributed by atoms with Crippen LogP contribution in [-0.2, 0) is 11.2 Å². The van der Waals surface area contributed by atoms with Crippen LogP contribution in [0.5, 0.6) is 0 Å². The Hall–Kier alpha value is -1.28. The number of alkyl carbamates (subject to hydrolysis) is 1. The molecule has 130 valence electrons. The summed E-state index contributed by atoms with van der Waals surface area (Å²) in [7, 11) is 1.72. The summed E-state index contributed by atoms with van der Waals surface area (Å²) in [4.78, 5) is 17.0. The first kappa shape index (κ1) is 19.8. The molecule has 1 aromatic heterocycles. The number of carbonyl (C=O) groups excluding carboxylic acids is 1. The number of halogens is 1. The fraction of sp³-hybridized carbons (Fsp3) is 0.600. The molecule has 0 radical (unpaired) electrons. The van der Waals surface area contributed by atoms with Crippen molar-refractivity contribution < 1.29 is 9.53 Å². The van der Waals surface area contributed by atoms with Crippen LogP contribution in [-0.4, -0.2) is 44.3 Å². The van der Waals surface area contributed by atoms with Crippen molar-refractivity contribution in [3.8, 4) is 0 Å². The first-order valence-corrected chi connectivity index (χ1v) is 9.06. The molecular formula is C15H25BrN4O2S. The number of aliphatic imine (C=N–C) groups is 1. The zero-order chi connectivity index (χ0) is 17.3. The highest BCUT2D eigenvalue weighted by molar-refractivity contribution is 9.11. The quantitative estimate of drug-likeness (QED) is 0.387. The zero-order valence-corrected chi connectivity index (χ0v) is 16.4. The lowest BCUT2D eigenvalue weighted by Crippen LogP contribution is -2.42. The van der Waals surface area contributed by atoms with Crippen LogP contribution in [0.3, 0.4) is 0 Å². The van der Waals surface area contributed by atoms with Gasteiger partial charge in [-0.05, 0) is 55.3 Å². The molecule has 0 aliphatic rings. The normalized spacial score (nSPS) is 12.0. The summed E-state index contributed by atoms with van der Waals surface area (Å²) < 4.78 is 6.30. The number of ether oxygens (including phenoxy) is 1. The molecule has 3 N–H and O–H groups in total. The number of rotatable bonds is 6. The lowest BCUT2D eigenvalue weighted by molar-refractivity contribution is 0.0529. The molecule has 1 amide bonds. The molecule has 0 bridgehead atoms. The maximum absolute atomic E-state index is 11.5. The van der Waals surface area contributed by atoms with Gasteiger partial charge in [0, 0.05) is 31.6 Å². The molecule has 0 aromatic carbocycles. The Morgan fingerprint density at radius 2 is 1.87 bits per heavy atom. The highest BCUT2D eigenvalue weighted by Gasteiger charge is 2.15. The minimum atomic E-state index is -0.480. The van der Waals surface area contributed by atoms with E-state index in [-0.39, 0.29) is 0 Å². The van der Waals surface area contributed by atoms with Crippen LogP contribution >= 0.6 is 27.3 Å². The molecule has 0 aliphatic carbocycles. The van der Waals surface area contributed by atoms with Crippen molar-refractivity contribution in [2.45, 2.75) is 32.8 Å². The molecule has 23 heavy (non-hydrogen) atoms. The number of thiophene rings is 1. The Balaban J connectivity index is 2.15. The lowest BCUT2D eigenvalue weighted by atomic mass is 10.2. The van der Waals surface area contributed by atoms with Gasteiger partial charge < -0.3 is 20.7 Å². The largest absolute Gasteiger partial charge is 0.444 e. The molecule has 0 atom stereocenters. The smallest absolute Gasteiger partial charge is 0.407 e. The topological polar surface area (TPSA) is 74.8 Å². The maximum atomic E-state index is 11.5. The molecule has 1 heterocycles. The number of carbonyl (C=O) groups is 1. The summed E-state index contributed by atoms with van der Waals surface area (Å²) in [5, 5.41) is 9.08. The van der Waals surface area contributed by atoms with Crippen LogP contribution in [0.2, 0.25) is 0 Å². The van der Waals surface area contributed by atoms with Crippen LogP contribution in [0.1, 0.15) is 25.6 Å². The van der Waals surface area contributed by atoms with Gasteiger partial charge in [-0.2, -0.15) is 0 Å². The van der Waals surface area contributed by atoms with E-state index in [0.29, 0.717) is 19.0 Å². The molecule has 0 fully saturated rings. The summed E-state index contributed by atoms with van der Waals surface area (Å²) in [6, 6.07) is 4.16. The van der Waals surface area contributed by atoms with Crippen molar-refractivity contribution in [2.75, 3.05) is 26.7 Å². The molecule has 1 aromatic rings. The Morgan fingerprint density at radius 1 is 1.22 bits per heavy atom. The Kier molecular flexibility index (Phi) is 8.40. The number of hydrogen-bond donors (Lipinski definition) is 3.